The number of likely N-dealkylation sites (N-methyl/N-ethyl adjacent to an activating group) is 1. The molecule has 1 saturated heterocycles. The summed E-state index contributed by atoms with van der Waals surface area (Å²) < 4.78 is 5.16. The maximum atomic E-state index is 11.8. The maximum Gasteiger partial charge on any atom is 0.212 e. The number of anilines is 1. The fraction of sp³-hybridized carbons (Fsp3) is 0.226. The average molecular weight is 556 g/mol. The van der Waals surface area contributed by atoms with E-state index in [4.69, 9.17) is 10.6 Å². The first-order valence-electron chi connectivity index (χ1n) is 13.1. The number of rotatable bonds is 9. The first kappa shape index (κ1) is 28.7. The molecule has 206 valence electrons. The van der Waals surface area contributed by atoms with Gasteiger partial charge >= 0.3 is 0 Å². The summed E-state index contributed by atoms with van der Waals surface area (Å²) in [5.41, 5.74) is 6.13. The topological polar surface area (TPSA) is 114 Å². The van der Waals surface area contributed by atoms with Gasteiger partial charge in [-0.3, -0.25) is 0 Å². The van der Waals surface area contributed by atoms with Crippen molar-refractivity contribution in [2.75, 3.05) is 32.4 Å². The fourth-order valence-corrected chi connectivity index (χ4v) is 5.32. The van der Waals surface area contributed by atoms with Gasteiger partial charge in [-0.15, -0.1) is 0 Å². The van der Waals surface area contributed by atoms with E-state index in [1.54, 1.807) is 0 Å². The zero-order chi connectivity index (χ0) is 28.4. The summed E-state index contributed by atoms with van der Waals surface area (Å²) in [4.78, 5) is 21.8. The quantitative estimate of drug-likeness (QED) is 0.110. The Morgan fingerprint density at radius 1 is 1.00 bits per heavy atom. The summed E-state index contributed by atoms with van der Waals surface area (Å²) in [5.74, 6) is -1.73. The second kappa shape index (κ2) is 13.1. The largest absolute Gasteiger partial charge is 0.543 e. The Bertz CT molecular complexity index is 1320. The number of nitrogen functional groups attached to an aromatic ring is 1. The van der Waals surface area contributed by atoms with Crippen molar-refractivity contribution in [2.24, 2.45) is 5.16 Å². The minimum atomic E-state index is -1.57. The molecular weight excluding hydrogens is 522 g/mol. The number of likely N-dealkylation sites (tertiary alicyclic amines) is 1. The normalized spacial score (nSPS) is 14.6. The van der Waals surface area contributed by atoms with E-state index < -0.39 is 17.3 Å². The number of carbonyl (C=O) groups excluding carboxylic acids is 1. The van der Waals surface area contributed by atoms with Crippen molar-refractivity contribution in [1.82, 2.24) is 9.36 Å². The van der Waals surface area contributed by atoms with Gasteiger partial charge in [0, 0.05) is 41.1 Å². The lowest BCUT2D eigenvalue weighted by atomic mass is 9.80. The second-order valence-corrected chi connectivity index (χ2v) is 10.6. The van der Waals surface area contributed by atoms with Crippen LogP contribution in [0.2, 0.25) is 0 Å². The van der Waals surface area contributed by atoms with Crippen molar-refractivity contribution in [3.63, 3.8) is 0 Å². The lowest BCUT2D eigenvalue weighted by molar-refractivity contribution is -0.891. The van der Waals surface area contributed by atoms with E-state index in [1.807, 2.05) is 97.1 Å². The number of hydrogen-bond acceptors (Lipinski definition) is 8. The van der Waals surface area contributed by atoms with E-state index in [0.717, 1.165) is 34.8 Å². The molecule has 1 aromatic heterocycles. The van der Waals surface area contributed by atoms with E-state index in [9.17, 15) is 9.90 Å². The summed E-state index contributed by atoms with van der Waals surface area (Å²) in [6.45, 7) is 7.61. The third-order valence-corrected chi connectivity index (χ3v) is 7.42. The van der Waals surface area contributed by atoms with E-state index in [-0.39, 0.29) is 11.0 Å². The van der Waals surface area contributed by atoms with Crippen LogP contribution in [-0.4, -0.2) is 52.2 Å². The van der Waals surface area contributed by atoms with Crippen LogP contribution in [0.15, 0.2) is 109 Å². The number of nitrogens with two attached hydrogens (primary N) is 1. The predicted molar refractivity (Wildman–Crippen MR) is 156 cm³/mol. The number of carboxylic acid groups (broad SMARTS) is 1. The van der Waals surface area contributed by atoms with Crippen molar-refractivity contribution in [1.29, 1.82) is 0 Å². The molecule has 8 nitrogen and oxygen atoms in total. The Kier molecular flexibility index (Phi) is 9.42. The molecule has 0 aliphatic carbocycles. The molecule has 0 saturated carbocycles. The highest BCUT2D eigenvalue weighted by molar-refractivity contribution is 7.09. The fourth-order valence-electron chi connectivity index (χ4n) is 4.88. The summed E-state index contributed by atoms with van der Waals surface area (Å²) >= 11 is 0.862. The molecule has 0 spiro atoms. The van der Waals surface area contributed by atoms with Gasteiger partial charge in [0.05, 0.1) is 32.7 Å². The number of benzene rings is 3. The summed E-state index contributed by atoms with van der Waals surface area (Å²) in [6.07, 6.45) is 4.85. The van der Waals surface area contributed by atoms with Crippen molar-refractivity contribution >= 4 is 28.3 Å². The maximum absolute atomic E-state index is 11.8. The van der Waals surface area contributed by atoms with Crippen molar-refractivity contribution in [3.8, 4) is 0 Å². The number of quaternary nitrogens is 1. The van der Waals surface area contributed by atoms with Crippen LogP contribution >= 0.6 is 11.5 Å². The molecule has 0 bridgehead atoms. The zero-order valence-electron chi connectivity index (χ0n) is 22.5. The highest BCUT2D eigenvalue weighted by Gasteiger charge is 2.40. The molecule has 1 aliphatic heterocycles. The minimum Gasteiger partial charge on any atom is -0.543 e. The molecule has 5 rings (SSSR count). The summed E-state index contributed by atoms with van der Waals surface area (Å²) in [7, 11) is 2.31. The van der Waals surface area contributed by atoms with Gasteiger partial charge in [0.25, 0.3) is 0 Å². The molecule has 0 radical (unpaired) electrons. The van der Waals surface area contributed by atoms with E-state index in [1.165, 1.54) is 30.4 Å². The Hall–Kier alpha value is -4.34. The number of carboxylic acids is 1. The second-order valence-electron chi connectivity index (χ2n) is 9.80. The van der Waals surface area contributed by atoms with Gasteiger partial charge in [-0.1, -0.05) is 103 Å². The third-order valence-electron chi connectivity index (χ3n) is 6.88. The van der Waals surface area contributed by atoms with Gasteiger partial charge in [0.15, 0.2) is 16.7 Å². The Morgan fingerprint density at radius 3 is 1.85 bits per heavy atom. The average Bonchev–Trinajstić information content (AvgIpc) is 3.61. The van der Waals surface area contributed by atoms with Gasteiger partial charge in [0.2, 0.25) is 5.60 Å². The minimum absolute atomic E-state index is 0.115. The summed E-state index contributed by atoms with van der Waals surface area (Å²) in [5, 5.41) is 15.9. The predicted octanol–water partition coefficient (Wildman–Crippen LogP) is 4.00. The first-order valence-corrected chi connectivity index (χ1v) is 13.8. The molecular formula is C31H33N5O3S. The third kappa shape index (κ3) is 6.62. The van der Waals surface area contributed by atoms with Crippen molar-refractivity contribution in [2.45, 2.75) is 18.4 Å². The lowest BCUT2D eigenvalue weighted by Gasteiger charge is -2.33. The molecule has 9 heteroatoms. The number of nitrogens with zero attached hydrogens (tertiary/aromatic N) is 4. The molecule has 4 aromatic rings. The van der Waals surface area contributed by atoms with Gasteiger partial charge in [-0.25, -0.2) is 0 Å². The monoisotopic (exact) mass is 555 g/mol. The molecule has 0 atom stereocenters. The van der Waals surface area contributed by atoms with Gasteiger partial charge < -0.3 is 25.0 Å². The van der Waals surface area contributed by atoms with Crippen LogP contribution in [0, 0.1) is 0 Å². The Balaban J connectivity index is 0.000000350. The number of aliphatic carboxylic acids is 1. The molecule has 0 amide bonds. The highest BCUT2D eigenvalue weighted by Crippen LogP contribution is 2.40. The molecule has 0 unspecified atom stereocenters. The van der Waals surface area contributed by atoms with Gasteiger partial charge in [-0.05, 0) is 6.08 Å². The highest BCUT2D eigenvalue weighted by atomic mass is 32.1. The van der Waals surface area contributed by atoms with Crippen LogP contribution in [0.1, 0.15) is 35.4 Å². The standard InChI is InChI=1S/C23H18N4O3S.C8H16N/c24-22-25-20(27-31-22)19(21(28)29)26-30-23(16-10-4-1-5-11-16,17-12-6-2-7-13-17)18-14-8-3-9-15-18;1-3-6-9(2)7-4-5-8-9/h1-15H,(H,28,29)(H2,24,25,27);3H,1,4-8H2,2H3/q;+1/p-1/b26-19-;. The molecule has 2 heterocycles. The SMILES string of the molecule is C=CC[N+]1(C)CCCC1.Nc1nc(/C(=N/OC(c2ccccc2)(c2ccccc2)c2ccccc2)C(=O)[O-])ns1. The smallest absolute Gasteiger partial charge is 0.212 e. The first-order chi connectivity index (χ1) is 19.4. The van der Waals surface area contributed by atoms with Crippen LogP contribution in [0.3, 0.4) is 0 Å². The lowest BCUT2D eigenvalue weighted by Crippen LogP contribution is -2.40. The van der Waals surface area contributed by atoms with E-state index in [2.05, 4.69) is 28.1 Å². The number of hydrogen-bond donors (Lipinski definition) is 1. The van der Waals surface area contributed by atoms with Crippen LogP contribution < -0.4 is 10.8 Å². The Morgan fingerprint density at radius 2 is 1.48 bits per heavy atom. The number of carbonyl (C=O) groups is 1. The summed E-state index contributed by atoms with van der Waals surface area (Å²) in [6, 6.07) is 28.3. The number of oxime groups is 1. The molecule has 2 N–H and O–H groups in total. The Labute approximate surface area is 238 Å². The van der Waals surface area contributed by atoms with Crippen LogP contribution in [0.5, 0.6) is 0 Å². The van der Waals surface area contributed by atoms with Gasteiger partial charge in [-0.2, -0.15) is 9.36 Å². The number of aromatic nitrogens is 2. The van der Waals surface area contributed by atoms with Gasteiger partial charge in [0.1, 0.15) is 0 Å². The van der Waals surface area contributed by atoms with E-state index in [0.29, 0.717) is 0 Å². The van der Waals surface area contributed by atoms with Crippen LogP contribution in [0.25, 0.3) is 0 Å². The van der Waals surface area contributed by atoms with Crippen LogP contribution in [0.4, 0.5) is 5.13 Å². The molecule has 40 heavy (non-hydrogen) atoms. The molecule has 1 fully saturated rings. The molecule has 1 aliphatic rings. The van der Waals surface area contributed by atoms with Crippen molar-refractivity contribution < 1.29 is 19.2 Å². The van der Waals surface area contributed by atoms with E-state index >= 15 is 0 Å². The van der Waals surface area contributed by atoms with Crippen LogP contribution in [-0.2, 0) is 15.2 Å². The zero-order valence-corrected chi connectivity index (χ0v) is 23.3. The molecule has 3 aromatic carbocycles. The van der Waals surface area contributed by atoms with Crippen molar-refractivity contribution in [3.05, 3.63) is 126 Å².